The summed E-state index contributed by atoms with van der Waals surface area (Å²) in [5.74, 6) is -3.07. The number of hydrogen-bond donors (Lipinski definition) is 7. The van der Waals surface area contributed by atoms with Gasteiger partial charge in [-0.1, -0.05) is 20.3 Å². The van der Waals surface area contributed by atoms with Gasteiger partial charge in [0.15, 0.2) is 0 Å². The van der Waals surface area contributed by atoms with E-state index in [1.54, 1.807) is 13.1 Å². The summed E-state index contributed by atoms with van der Waals surface area (Å²) in [6.45, 7) is 3.55. The maximum Gasteiger partial charge on any atom is 0.322 e. The van der Waals surface area contributed by atoms with Crippen LogP contribution in [-0.2, 0) is 25.6 Å². The van der Waals surface area contributed by atoms with Gasteiger partial charge in [0.1, 0.15) is 18.6 Å². The molecule has 1 heterocycles. The molecular formula is C20H35N7O5. The summed E-state index contributed by atoms with van der Waals surface area (Å²) in [6.07, 6.45) is 5.36. The first-order chi connectivity index (χ1) is 15.2. The molecule has 1 aromatic rings. The van der Waals surface area contributed by atoms with Gasteiger partial charge in [-0.15, -0.1) is 0 Å². The van der Waals surface area contributed by atoms with Gasteiger partial charge < -0.3 is 37.5 Å². The van der Waals surface area contributed by atoms with Crippen molar-refractivity contribution in [1.29, 1.82) is 0 Å². The second-order valence-electron chi connectivity index (χ2n) is 7.72. The monoisotopic (exact) mass is 453 g/mol. The van der Waals surface area contributed by atoms with Gasteiger partial charge in [-0.05, 0) is 31.7 Å². The number of carbonyl (C=O) groups is 4. The molecule has 1 aromatic heterocycles. The highest BCUT2D eigenvalue weighted by Gasteiger charge is 2.31. The van der Waals surface area contributed by atoms with Gasteiger partial charge in [0.05, 0.1) is 12.4 Å². The van der Waals surface area contributed by atoms with Gasteiger partial charge in [-0.3, -0.25) is 19.2 Å². The standard InChI is InChI=1S/C20H35N7O5/c1-3-12(2)17(27-18(30)14(22)8-13-9-23-11-25-13)20(32)26-15(6-4-5-7-21)19(31)24-10-16(28)29/h9,11-12,14-15,17H,3-8,10,21-22H2,1-2H3,(H,23,25)(H,24,31)(H,26,32)(H,27,30)(H,28,29). The van der Waals surface area contributed by atoms with Crippen LogP contribution < -0.4 is 27.4 Å². The third-order valence-corrected chi connectivity index (χ3v) is 5.12. The smallest absolute Gasteiger partial charge is 0.322 e. The molecule has 180 valence electrons. The Morgan fingerprint density at radius 2 is 1.88 bits per heavy atom. The van der Waals surface area contributed by atoms with Crippen LogP contribution in [0.25, 0.3) is 0 Å². The molecule has 0 spiro atoms. The molecular weight excluding hydrogens is 418 g/mol. The van der Waals surface area contributed by atoms with Crippen molar-refractivity contribution < 1.29 is 24.3 Å². The summed E-state index contributed by atoms with van der Waals surface area (Å²) in [4.78, 5) is 55.5. The molecule has 0 bridgehead atoms. The van der Waals surface area contributed by atoms with Crippen molar-refractivity contribution in [3.63, 3.8) is 0 Å². The predicted octanol–water partition coefficient (Wildman–Crippen LogP) is -1.37. The van der Waals surface area contributed by atoms with Gasteiger partial charge >= 0.3 is 5.97 Å². The first-order valence-corrected chi connectivity index (χ1v) is 10.7. The molecule has 3 amide bonds. The number of amides is 3. The van der Waals surface area contributed by atoms with E-state index in [-0.39, 0.29) is 18.8 Å². The van der Waals surface area contributed by atoms with E-state index in [2.05, 4.69) is 25.9 Å². The maximum atomic E-state index is 13.0. The highest BCUT2D eigenvalue weighted by atomic mass is 16.4. The third kappa shape index (κ3) is 9.43. The Hall–Kier alpha value is -2.99. The minimum Gasteiger partial charge on any atom is -0.480 e. The molecule has 0 aliphatic heterocycles. The van der Waals surface area contributed by atoms with Crippen molar-refractivity contribution in [3.05, 3.63) is 18.2 Å². The van der Waals surface area contributed by atoms with E-state index in [4.69, 9.17) is 16.6 Å². The number of rotatable bonds is 15. The number of hydrogen-bond acceptors (Lipinski definition) is 7. The molecule has 0 aliphatic rings. The Morgan fingerprint density at radius 1 is 1.16 bits per heavy atom. The number of H-pyrrole nitrogens is 1. The molecule has 0 aliphatic carbocycles. The lowest BCUT2D eigenvalue weighted by atomic mass is 9.96. The van der Waals surface area contributed by atoms with Gasteiger partial charge in [-0.25, -0.2) is 4.98 Å². The lowest BCUT2D eigenvalue weighted by Crippen LogP contribution is -2.58. The number of nitrogens with one attached hydrogen (secondary N) is 4. The molecule has 32 heavy (non-hydrogen) atoms. The van der Waals surface area contributed by atoms with E-state index < -0.39 is 48.4 Å². The number of imidazole rings is 1. The van der Waals surface area contributed by atoms with E-state index in [0.717, 1.165) is 0 Å². The summed E-state index contributed by atoms with van der Waals surface area (Å²) < 4.78 is 0. The second-order valence-corrected chi connectivity index (χ2v) is 7.72. The number of unbranched alkanes of at least 4 members (excludes halogenated alkanes) is 1. The zero-order chi connectivity index (χ0) is 24.1. The Morgan fingerprint density at radius 3 is 2.44 bits per heavy atom. The minimum atomic E-state index is -1.19. The molecule has 12 heteroatoms. The number of carboxylic acid groups (broad SMARTS) is 1. The van der Waals surface area contributed by atoms with Crippen LogP contribution in [0.2, 0.25) is 0 Å². The van der Waals surface area contributed by atoms with Gasteiger partial charge in [0.2, 0.25) is 17.7 Å². The number of aliphatic carboxylic acids is 1. The zero-order valence-corrected chi connectivity index (χ0v) is 18.6. The SMILES string of the molecule is CCC(C)C(NC(=O)C(N)Cc1cnc[nH]1)C(=O)NC(CCCCN)C(=O)NCC(=O)O. The summed E-state index contributed by atoms with van der Waals surface area (Å²) in [5.41, 5.74) is 12.2. The third-order valence-electron chi connectivity index (χ3n) is 5.12. The van der Waals surface area contributed by atoms with Crippen LogP contribution in [0.4, 0.5) is 0 Å². The van der Waals surface area contributed by atoms with E-state index in [0.29, 0.717) is 31.5 Å². The first-order valence-electron chi connectivity index (χ1n) is 10.7. The number of nitrogens with two attached hydrogens (primary N) is 2. The Labute approximate surface area is 187 Å². The van der Waals surface area contributed by atoms with E-state index in [1.165, 1.54) is 6.33 Å². The summed E-state index contributed by atoms with van der Waals surface area (Å²) >= 11 is 0. The summed E-state index contributed by atoms with van der Waals surface area (Å²) in [5, 5.41) is 16.4. The van der Waals surface area contributed by atoms with Crippen molar-refractivity contribution in [3.8, 4) is 0 Å². The number of aromatic nitrogens is 2. The van der Waals surface area contributed by atoms with Gasteiger partial charge in [0, 0.05) is 18.3 Å². The average Bonchev–Trinajstić information content (AvgIpc) is 3.27. The fourth-order valence-corrected chi connectivity index (χ4v) is 3.00. The largest absolute Gasteiger partial charge is 0.480 e. The number of carbonyl (C=O) groups excluding carboxylic acids is 3. The van der Waals surface area contributed by atoms with Crippen LogP contribution >= 0.6 is 0 Å². The molecule has 0 radical (unpaired) electrons. The fourth-order valence-electron chi connectivity index (χ4n) is 3.00. The van der Waals surface area contributed by atoms with Crippen molar-refractivity contribution in [1.82, 2.24) is 25.9 Å². The minimum absolute atomic E-state index is 0.222. The van der Waals surface area contributed by atoms with Crippen molar-refractivity contribution in [2.75, 3.05) is 13.1 Å². The number of aromatic amines is 1. The fraction of sp³-hybridized carbons (Fsp3) is 0.650. The molecule has 0 saturated heterocycles. The topological polar surface area (TPSA) is 205 Å². The Kier molecular flexibility index (Phi) is 12.0. The number of carboxylic acids is 1. The van der Waals surface area contributed by atoms with Crippen molar-refractivity contribution in [2.45, 2.75) is 64.1 Å². The van der Waals surface area contributed by atoms with Crippen LogP contribution in [0.1, 0.15) is 45.2 Å². The first kappa shape index (κ1) is 27.0. The van der Waals surface area contributed by atoms with Crippen LogP contribution in [0.3, 0.4) is 0 Å². The molecule has 4 atom stereocenters. The van der Waals surface area contributed by atoms with Crippen LogP contribution in [0.5, 0.6) is 0 Å². The Balaban J connectivity index is 2.85. The highest BCUT2D eigenvalue weighted by Crippen LogP contribution is 2.10. The van der Waals surface area contributed by atoms with Gasteiger partial charge in [0.25, 0.3) is 0 Å². The van der Waals surface area contributed by atoms with Crippen LogP contribution in [0.15, 0.2) is 12.5 Å². The van der Waals surface area contributed by atoms with Crippen molar-refractivity contribution in [2.24, 2.45) is 17.4 Å². The van der Waals surface area contributed by atoms with Crippen LogP contribution in [0, 0.1) is 5.92 Å². The molecule has 9 N–H and O–H groups in total. The molecule has 1 rings (SSSR count). The van der Waals surface area contributed by atoms with Crippen molar-refractivity contribution >= 4 is 23.7 Å². The van der Waals surface area contributed by atoms with E-state index >= 15 is 0 Å². The van der Waals surface area contributed by atoms with Gasteiger partial charge in [-0.2, -0.15) is 0 Å². The lowest BCUT2D eigenvalue weighted by molar-refractivity contribution is -0.138. The highest BCUT2D eigenvalue weighted by molar-refractivity contribution is 5.93. The summed E-state index contributed by atoms with van der Waals surface area (Å²) in [6, 6.07) is -2.76. The molecule has 0 aromatic carbocycles. The maximum absolute atomic E-state index is 13.0. The molecule has 12 nitrogen and oxygen atoms in total. The quantitative estimate of drug-likeness (QED) is 0.157. The molecule has 4 unspecified atom stereocenters. The van der Waals surface area contributed by atoms with Crippen LogP contribution in [-0.4, -0.2) is 70.0 Å². The molecule has 0 fully saturated rings. The van der Waals surface area contributed by atoms with E-state index in [9.17, 15) is 19.2 Å². The zero-order valence-electron chi connectivity index (χ0n) is 18.6. The normalized spacial score (nSPS) is 14.6. The average molecular weight is 454 g/mol. The Bertz CT molecular complexity index is 741. The second kappa shape index (κ2) is 14.1. The summed E-state index contributed by atoms with van der Waals surface area (Å²) in [7, 11) is 0. The van der Waals surface area contributed by atoms with E-state index in [1.807, 2.05) is 6.92 Å². The lowest BCUT2D eigenvalue weighted by Gasteiger charge is -2.27. The number of nitrogens with zero attached hydrogens (tertiary/aromatic N) is 1. The predicted molar refractivity (Wildman–Crippen MR) is 117 cm³/mol. The molecule has 0 saturated carbocycles.